The average Bonchev–Trinajstić information content (AvgIpc) is 1.86. The molecule has 1 N–H and O–H groups in total. The van der Waals surface area contributed by atoms with E-state index in [9.17, 15) is 9.90 Å². The lowest BCUT2D eigenvalue weighted by Gasteiger charge is -2.13. The van der Waals surface area contributed by atoms with Crippen LogP contribution in [0.2, 0.25) is 0 Å². The number of ether oxygens (including phenoxy) is 1. The fourth-order valence-electron chi connectivity index (χ4n) is 0.516. The van der Waals surface area contributed by atoms with Crippen LogP contribution in [0, 0.1) is 5.92 Å². The molecule has 0 amide bonds. The lowest BCUT2D eigenvalue weighted by Crippen LogP contribution is -2.22. The van der Waals surface area contributed by atoms with E-state index >= 15 is 0 Å². The zero-order valence-electron chi connectivity index (χ0n) is 7.33. The van der Waals surface area contributed by atoms with E-state index in [0.717, 1.165) is 0 Å². The second-order valence-electron chi connectivity index (χ2n) is 3.03. The number of ketones is 1. The Kier molecular flexibility index (Phi) is 5.07. The van der Waals surface area contributed by atoms with E-state index in [2.05, 4.69) is 0 Å². The molecule has 0 aliphatic heterocycles. The second kappa shape index (κ2) is 5.27. The van der Waals surface area contributed by atoms with E-state index in [1.54, 1.807) is 0 Å². The molecule has 0 aromatic carbocycles. The van der Waals surface area contributed by atoms with Crippen LogP contribution in [0.5, 0.6) is 0 Å². The Morgan fingerprint density at radius 3 is 2.45 bits per heavy atom. The smallest absolute Gasteiger partial charge is 0.155 e. The summed E-state index contributed by atoms with van der Waals surface area (Å²) in [5.41, 5.74) is 0. The summed E-state index contributed by atoms with van der Waals surface area (Å²) in [6.45, 7) is 5.62. The molecule has 66 valence electrons. The number of rotatable bonds is 5. The number of hydrogen-bond acceptors (Lipinski definition) is 3. The number of carbonyl (C=O) groups is 1. The van der Waals surface area contributed by atoms with Gasteiger partial charge in [-0.15, -0.1) is 0 Å². The van der Waals surface area contributed by atoms with Crippen LogP contribution in [0.1, 0.15) is 20.8 Å². The monoisotopic (exact) mass is 160 g/mol. The summed E-state index contributed by atoms with van der Waals surface area (Å²) in [5, 5.41) is 9.20. The van der Waals surface area contributed by atoms with E-state index in [1.807, 2.05) is 13.8 Å². The van der Waals surface area contributed by atoms with E-state index < -0.39 is 6.10 Å². The third-order valence-corrected chi connectivity index (χ3v) is 1.36. The van der Waals surface area contributed by atoms with Crippen molar-refractivity contribution in [3.05, 3.63) is 0 Å². The molecule has 0 aliphatic rings. The van der Waals surface area contributed by atoms with Crippen LogP contribution in [0.15, 0.2) is 0 Å². The SMILES string of the molecule is CC(=O)COC[C@H](O)C(C)C. The number of aliphatic hydroxyl groups excluding tert-OH is 1. The van der Waals surface area contributed by atoms with Crippen molar-refractivity contribution in [2.24, 2.45) is 5.92 Å². The minimum Gasteiger partial charge on any atom is -0.390 e. The first-order chi connectivity index (χ1) is 5.04. The molecule has 1 atom stereocenters. The zero-order chi connectivity index (χ0) is 8.85. The summed E-state index contributed by atoms with van der Waals surface area (Å²) in [7, 11) is 0. The van der Waals surface area contributed by atoms with Crippen molar-refractivity contribution in [1.29, 1.82) is 0 Å². The van der Waals surface area contributed by atoms with Crippen molar-refractivity contribution in [1.82, 2.24) is 0 Å². The molecule has 0 bridgehead atoms. The summed E-state index contributed by atoms with van der Waals surface area (Å²) in [6, 6.07) is 0. The number of Topliss-reactive ketones (excluding diaryl/α,β-unsaturated/α-hetero) is 1. The first-order valence-corrected chi connectivity index (χ1v) is 3.79. The Balaban J connectivity index is 3.31. The fourth-order valence-corrected chi connectivity index (χ4v) is 0.516. The Labute approximate surface area is 67.4 Å². The molecular formula is C8H16O3. The predicted octanol–water partition coefficient (Wildman–Crippen LogP) is 0.609. The van der Waals surface area contributed by atoms with Gasteiger partial charge in [0.1, 0.15) is 6.61 Å². The zero-order valence-corrected chi connectivity index (χ0v) is 7.33. The molecule has 0 spiro atoms. The Hall–Kier alpha value is -0.410. The third-order valence-electron chi connectivity index (χ3n) is 1.36. The summed E-state index contributed by atoms with van der Waals surface area (Å²) in [6.07, 6.45) is -0.464. The first kappa shape index (κ1) is 10.6. The molecule has 0 fully saturated rings. The highest BCUT2D eigenvalue weighted by atomic mass is 16.5. The molecule has 3 heteroatoms. The van der Waals surface area contributed by atoms with Crippen LogP contribution in [-0.2, 0) is 9.53 Å². The Bertz CT molecular complexity index is 121. The largest absolute Gasteiger partial charge is 0.390 e. The van der Waals surface area contributed by atoms with Crippen LogP contribution in [0.25, 0.3) is 0 Å². The van der Waals surface area contributed by atoms with Gasteiger partial charge in [-0.1, -0.05) is 13.8 Å². The van der Waals surface area contributed by atoms with E-state index in [1.165, 1.54) is 6.92 Å². The van der Waals surface area contributed by atoms with Gasteiger partial charge in [0.25, 0.3) is 0 Å². The summed E-state index contributed by atoms with van der Waals surface area (Å²) in [4.78, 5) is 10.4. The van der Waals surface area contributed by atoms with Crippen molar-refractivity contribution >= 4 is 5.78 Å². The highest BCUT2D eigenvalue weighted by Crippen LogP contribution is 2.00. The van der Waals surface area contributed by atoms with Gasteiger partial charge in [0.15, 0.2) is 5.78 Å². The van der Waals surface area contributed by atoms with Crippen LogP contribution >= 0.6 is 0 Å². The molecule has 0 saturated carbocycles. The standard InChI is InChI=1S/C8H16O3/c1-6(2)8(10)5-11-4-7(3)9/h6,8,10H,4-5H2,1-3H3/t8-/m0/s1. The predicted molar refractivity (Wildman–Crippen MR) is 42.3 cm³/mol. The molecule has 0 radical (unpaired) electrons. The van der Waals surface area contributed by atoms with Crippen LogP contribution in [-0.4, -0.2) is 30.2 Å². The Morgan fingerprint density at radius 1 is 1.55 bits per heavy atom. The summed E-state index contributed by atoms with van der Waals surface area (Å²) in [5.74, 6) is 0.169. The Morgan fingerprint density at radius 2 is 2.09 bits per heavy atom. The molecule has 0 unspecified atom stereocenters. The lowest BCUT2D eigenvalue weighted by atomic mass is 10.1. The van der Waals surface area contributed by atoms with Gasteiger partial charge < -0.3 is 9.84 Å². The average molecular weight is 160 g/mol. The van der Waals surface area contributed by atoms with Crippen molar-refractivity contribution < 1.29 is 14.6 Å². The van der Waals surface area contributed by atoms with Crippen molar-refractivity contribution in [3.8, 4) is 0 Å². The first-order valence-electron chi connectivity index (χ1n) is 3.79. The molecule has 0 heterocycles. The van der Waals surface area contributed by atoms with Gasteiger partial charge >= 0.3 is 0 Å². The quantitative estimate of drug-likeness (QED) is 0.641. The van der Waals surface area contributed by atoms with Gasteiger partial charge in [-0.2, -0.15) is 0 Å². The number of carbonyl (C=O) groups excluding carboxylic acids is 1. The molecular weight excluding hydrogens is 144 g/mol. The highest BCUT2D eigenvalue weighted by Gasteiger charge is 2.08. The van der Waals surface area contributed by atoms with E-state index in [0.29, 0.717) is 0 Å². The van der Waals surface area contributed by atoms with Crippen molar-refractivity contribution in [2.75, 3.05) is 13.2 Å². The normalized spacial score (nSPS) is 13.5. The highest BCUT2D eigenvalue weighted by molar-refractivity contribution is 5.76. The molecule has 0 saturated heterocycles. The van der Waals surface area contributed by atoms with Crippen molar-refractivity contribution in [2.45, 2.75) is 26.9 Å². The van der Waals surface area contributed by atoms with Gasteiger partial charge in [0.05, 0.1) is 12.7 Å². The molecule has 0 aromatic rings. The van der Waals surface area contributed by atoms with Crippen LogP contribution in [0.3, 0.4) is 0 Å². The molecule has 3 nitrogen and oxygen atoms in total. The van der Waals surface area contributed by atoms with Gasteiger partial charge in [-0.05, 0) is 12.8 Å². The maximum atomic E-state index is 10.4. The molecule has 11 heavy (non-hydrogen) atoms. The van der Waals surface area contributed by atoms with E-state index in [4.69, 9.17) is 4.74 Å². The van der Waals surface area contributed by atoms with Gasteiger partial charge in [-0.25, -0.2) is 0 Å². The van der Waals surface area contributed by atoms with Gasteiger partial charge in [0, 0.05) is 0 Å². The van der Waals surface area contributed by atoms with E-state index in [-0.39, 0.29) is 24.9 Å². The number of hydrogen-bond donors (Lipinski definition) is 1. The van der Waals surface area contributed by atoms with Gasteiger partial charge in [0.2, 0.25) is 0 Å². The molecule has 0 rings (SSSR count). The number of aliphatic hydroxyl groups is 1. The van der Waals surface area contributed by atoms with Crippen LogP contribution < -0.4 is 0 Å². The summed E-state index contributed by atoms with van der Waals surface area (Å²) < 4.78 is 4.92. The topological polar surface area (TPSA) is 46.5 Å². The minimum atomic E-state index is -0.464. The maximum absolute atomic E-state index is 10.4. The molecule has 0 aromatic heterocycles. The summed E-state index contributed by atoms with van der Waals surface area (Å²) >= 11 is 0. The fraction of sp³-hybridized carbons (Fsp3) is 0.875. The second-order valence-corrected chi connectivity index (χ2v) is 3.03. The minimum absolute atomic E-state index is 0.0130. The lowest BCUT2D eigenvalue weighted by molar-refractivity contribution is -0.122. The van der Waals surface area contributed by atoms with Crippen molar-refractivity contribution in [3.63, 3.8) is 0 Å². The van der Waals surface area contributed by atoms with Crippen LogP contribution in [0.4, 0.5) is 0 Å². The third kappa shape index (κ3) is 6.01. The van der Waals surface area contributed by atoms with Gasteiger partial charge in [-0.3, -0.25) is 4.79 Å². The molecule has 0 aliphatic carbocycles. The maximum Gasteiger partial charge on any atom is 0.155 e.